The van der Waals surface area contributed by atoms with Crippen LogP contribution in [0.2, 0.25) is 0 Å². The number of Topliss-reactive ketones (excluding diaryl/α,β-unsaturated/α-hetero) is 1. The number of nitrogens with zero attached hydrogens (tertiary/aromatic N) is 1. The zero-order chi connectivity index (χ0) is 23.4. The number of halogens is 3. The van der Waals surface area contributed by atoms with E-state index in [2.05, 4.69) is 4.74 Å². The van der Waals surface area contributed by atoms with Crippen LogP contribution in [0.4, 0.5) is 18.9 Å². The highest BCUT2D eigenvalue weighted by atomic mass is 19.4. The summed E-state index contributed by atoms with van der Waals surface area (Å²) in [7, 11) is 0.833. The highest BCUT2D eigenvalue weighted by molar-refractivity contribution is 6.00. The van der Waals surface area contributed by atoms with Crippen LogP contribution in [0.15, 0.2) is 35.6 Å². The Morgan fingerprint density at radius 2 is 1.97 bits per heavy atom. The number of esters is 1. The van der Waals surface area contributed by atoms with Crippen LogP contribution in [0.5, 0.6) is 0 Å². The van der Waals surface area contributed by atoms with Crippen molar-refractivity contribution in [1.29, 1.82) is 0 Å². The van der Waals surface area contributed by atoms with Crippen LogP contribution in [0.3, 0.4) is 0 Å². The van der Waals surface area contributed by atoms with Gasteiger partial charge in [-0.05, 0) is 11.0 Å². The maximum absolute atomic E-state index is 14.0. The molecule has 0 bridgehead atoms. The lowest BCUT2D eigenvalue weighted by atomic mass is 9.66. The molecule has 31 heavy (non-hydrogen) atoms. The number of allylic oxidation sites excluding steroid dienone is 2. The first kappa shape index (κ1) is 22.7. The Bertz CT molecular complexity index is 985. The van der Waals surface area contributed by atoms with Gasteiger partial charge in [0, 0.05) is 36.5 Å². The van der Waals surface area contributed by atoms with E-state index < -0.39 is 57.3 Å². The van der Waals surface area contributed by atoms with Gasteiger partial charge in [0.1, 0.15) is 11.7 Å². The van der Waals surface area contributed by atoms with Gasteiger partial charge in [0.25, 0.3) is 5.69 Å². The third-order valence-corrected chi connectivity index (χ3v) is 5.53. The standard InChI is InChI=1S/C20H20F3NO7/c1-18(2)8-12(25)15-13(9-18)31-19(27,20(21,22)23)16(17(26)30-3)14(15)10-5-4-6-11(7-10)24(28)29/h4-7,14,16,27H,8-9H2,1-3H3/t14-,16-,19+/m1/s1. The number of alkyl halides is 3. The van der Waals surface area contributed by atoms with Crippen molar-refractivity contribution < 1.29 is 42.3 Å². The second-order valence-electron chi connectivity index (χ2n) is 8.40. The van der Waals surface area contributed by atoms with E-state index in [9.17, 15) is 38.0 Å². The van der Waals surface area contributed by atoms with Gasteiger partial charge in [-0.2, -0.15) is 13.2 Å². The molecule has 1 aromatic carbocycles. The molecule has 0 spiro atoms. The van der Waals surface area contributed by atoms with E-state index >= 15 is 0 Å². The molecule has 1 aliphatic carbocycles. The van der Waals surface area contributed by atoms with Crippen LogP contribution in [0.25, 0.3) is 0 Å². The molecule has 2 aliphatic rings. The zero-order valence-corrected chi connectivity index (χ0v) is 16.9. The fourth-order valence-electron chi connectivity index (χ4n) is 4.21. The number of ether oxygens (including phenoxy) is 2. The topological polar surface area (TPSA) is 116 Å². The van der Waals surface area contributed by atoms with Crippen LogP contribution >= 0.6 is 0 Å². The average Bonchev–Trinajstić information content (AvgIpc) is 2.64. The highest BCUT2D eigenvalue weighted by Gasteiger charge is 2.70. The van der Waals surface area contributed by atoms with Gasteiger partial charge >= 0.3 is 17.9 Å². The summed E-state index contributed by atoms with van der Waals surface area (Å²) >= 11 is 0. The van der Waals surface area contributed by atoms with Crippen molar-refractivity contribution in [2.24, 2.45) is 11.3 Å². The zero-order valence-electron chi connectivity index (χ0n) is 16.9. The van der Waals surface area contributed by atoms with Gasteiger partial charge in [-0.15, -0.1) is 0 Å². The Kier molecular flexibility index (Phi) is 5.37. The molecule has 8 nitrogen and oxygen atoms in total. The number of non-ortho nitro benzene ring substituents is 1. The molecule has 0 amide bonds. The third-order valence-electron chi connectivity index (χ3n) is 5.53. The number of hydrogen-bond acceptors (Lipinski definition) is 7. The van der Waals surface area contributed by atoms with Crippen molar-refractivity contribution in [3.8, 4) is 0 Å². The van der Waals surface area contributed by atoms with E-state index in [0.717, 1.165) is 19.2 Å². The Morgan fingerprint density at radius 3 is 2.52 bits per heavy atom. The molecule has 0 saturated heterocycles. The van der Waals surface area contributed by atoms with Crippen molar-refractivity contribution in [2.45, 2.75) is 44.6 Å². The Morgan fingerprint density at radius 1 is 1.32 bits per heavy atom. The van der Waals surface area contributed by atoms with Crippen molar-refractivity contribution in [1.82, 2.24) is 0 Å². The largest absolute Gasteiger partial charge is 0.469 e. The monoisotopic (exact) mass is 443 g/mol. The molecule has 0 unspecified atom stereocenters. The fourth-order valence-corrected chi connectivity index (χ4v) is 4.21. The number of hydrogen-bond donors (Lipinski definition) is 1. The molecule has 1 aliphatic heterocycles. The number of ketones is 1. The molecule has 0 fully saturated rings. The number of nitro benzene ring substituents is 1. The molecule has 168 valence electrons. The summed E-state index contributed by atoms with van der Waals surface area (Å²) in [5, 5.41) is 21.9. The van der Waals surface area contributed by atoms with Crippen molar-refractivity contribution in [3.05, 3.63) is 51.3 Å². The van der Waals surface area contributed by atoms with E-state index in [1.165, 1.54) is 12.1 Å². The molecule has 1 aromatic rings. The first-order valence-electron chi connectivity index (χ1n) is 9.28. The minimum Gasteiger partial charge on any atom is -0.469 e. The normalized spacial score (nSPS) is 27.9. The van der Waals surface area contributed by atoms with E-state index in [1.54, 1.807) is 13.8 Å². The number of nitro groups is 1. The summed E-state index contributed by atoms with van der Waals surface area (Å²) in [6.07, 6.45) is -5.58. The molecule has 0 aromatic heterocycles. The Hall–Kier alpha value is -2.95. The molecule has 1 heterocycles. The molecular formula is C20H20F3NO7. The first-order chi connectivity index (χ1) is 14.2. The molecule has 1 N–H and O–H groups in total. The van der Waals surface area contributed by atoms with Gasteiger partial charge in [-0.3, -0.25) is 19.7 Å². The minimum atomic E-state index is -5.44. The highest BCUT2D eigenvalue weighted by Crippen LogP contribution is 2.56. The SMILES string of the molecule is COC(=O)[C@H]1[C@H](c2cccc([N+](=O)[O-])c2)C2=C(CC(C)(C)CC2=O)O[C@]1(O)C(F)(F)F. The van der Waals surface area contributed by atoms with Crippen LogP contribution in [0, 0.1) is 21.4 Å². The lowest BCUT2D eigenvalue weighted by Crippen LogP contribution is -2.61. The number of carbonyl (C=O) groups is 2. The summed E-state index contributed by atoms with van der Waals surface area (Å²) in [5.41, 5.74) is -1.54. The van der Waals surface area contributed by atoms with Gasteiger partial charge < -0.3 is 14.6 Å². The van der Waals surface area contributed by atoms with Crippen molar-refractivity contribution in [3.63, 3.8) is 0 Å². The van der Waals surface area contributed by atoms with Gasteiger partial charge in [0.15, 0.2) is 5.78 Å². The van der Waals surface area contributed by atoms with Crippen LogP contribution in [-0.2, 0) is 19.1 Å². The van der Waals surface area contributed by atoms with E-state index in [1.807, 2.05) is 0 Å². The van der Waals surface area contributed by atoms with Gasteiger partial charge in [-0.25, -0.2) is 0 Å². The number of aliphatic hydroxyl groups is 1. The van der Waals surface area contributed by atoms with Crippen molar-refractivity contribution >= 4 is 17.4 Å². The maximum Gasteiger partial charge on any atom is 0.456 e. The molecule has 0 radical (unpaired) electrons. The van der Waals surface area contributed by atoms with Crippen LogP contribution < -0.4 is 0 Å². The van der Waals surface area contributed by atoms with Crippen LogP contribution in [-0.4, -0.2) is 40.9 Å². The van der Waals surface area contributed by atoms with Gasteiger partial charge in [0.2, 0.25) is 0 Å². The Balaban J connectivity index is 2.35. The lowest BCUT2D eigenvalue weighted by Gasteiger charge is -2.47. The molecule has 11 heteroatoms. The predicted octanol–water partition coefficient (Wildman–Crippen LogP) is 3.39. The number of carbonyl (C=O) groups excluding carboxylic acids is 2. The minimum absolute atomic E-state index is 0.0427. The van der Waals surface area contributed by atoms with Gasteiger partial charge in [-0.1, -0.05) is 26.0 Å². The summed E-state index contributed by atoms with van der Waals surface area (Å²) in [4.78, 5) is 35.9. The maximum atomic E-state index is 14.0. The molecule has 0 saturated carbocycles. The van der Waals surface area contributed by atoms with E-state index in [-0.39, 0.29) is 24.0 Å². The van der Waals surface area contributed by atoms with E-state index in [4.69, 9.17) is 4.74 Å². The van der Waals surface area contributed by atoms with Crippen LogP contribution in [0.1, 0.15) is 38.2 Å². The Labute approximate surface area is 174 Å². The summed E-state index contributed by atoms with van der Waals surface area (Å²) in [5.74, 6) is -10.5. The summed E-state index contributed by atoms with van der Waals surface area (Å²) < 4.78 is 51.5. The molecular weight excluding hydrogens is 423 g/mol. The summed E-state index contributed by atoms with van der Waals surface area (Å²) in [6, 6.07) is 4.57. The molecule has 3 rings (SSSR count). The smallest absolute Gasteiger partial charge is 0.456 e. The predicted molar refractivity (Wildman–Crippen MR) is 98.5 cm³/mol. The van der Waals surface area contributed by atoms with E-state index in [0.29, 0.717) is 0 Å². The molecule has 3 atom stereocenters. The average molecular weight is 443 g/mol. The fraction of sp³-hybridized carbons (Fsp3) is 0.500. The summed E-state index contributed by atoms with van der Waals surface area (Å²) in [6.45, 7) is 3.30. The third kappa shape index (κ3) is 3.78. The first-order valence-corrected chi connectivity index (χ1v) is 9.28. The number of methoxy groups -OCH3 is 1. The number of benzene rings is 1. The van der Waals surface area contributed by atoms with Gasteiger partial charge in [0.05, 0.1) is 12.0 Å². The number of rotatable bonds is 3. The second kappa shape index (κ2) is 7.33. The lowest BCUT2D eigenvalue weighted by molar-refractivity contribution is -0.385. The quantitative estimate of drug-likeness (QED) is 0.432. The van der Waals surface area contributed by atoms with Crippen molar-refractivity contribution in [2.75, 3.05) is 7.11 Å². The second-order valence-corrected chi connectivity index (χ2v) is 8.40.